The highest BCUT2D eigenvalue weighted by Gasteiger charge is 2.08. The van der Waals surface area contributed by atoms with Gasteiger partial charge in [-0.3, -0.25) is 4.79 Å². The number of aliphatic hydroxyl groups is 1. The van der Waals surface area contributed by atoms with Gasteiger partial charge in [-0.05, 0) is 11.6 Å². The number of nitrogens with one attached hydrogen (secondary N) is 1. The molecule has 0 fully saturated rings. The molecule has 0 heterocycles. The van der Waals surface area contributed by atoms with Crippen LogP contribution in [0.5, 0.6) is 0 Å². The normalized spacial score (nSPS) is 12.2. The van der Waals surface area contributed by atoms with E-state index < -0.39 is 6.10 Å². The van der Waals surface area contributed by atoms with Gasteiger partial charge in [0.05, 0.1) is 19.1 Å². The fraction of sp³-hybridized carbons (Fsp3) is 0.417. The molecule has 1 aromatic rings. The Hall–Kier alpha value is -1.10. The molecule has 1 rings (SSSR count). The summed E-state index contributed by atoms with van der Waals surface area (Å²) in [5.41, 5.74) is 0.771. The molecule has 1 amide bonds. The van der Waals surface area contributed by atoms with Gasteiger partial charge in [0.1, 0.15) is 0 Å². The molecule has 4 nitrogen and oxygen atoms in total. The number of hydrogen-bond acceptors (Lipinski definition) is 3. The summed E-state index contributed by atoms with van der Waals surface area (Å²) in [6.07, 6.45) is -0.477. The van der Waals surface area contributed by atoms with Crippen molar-refractivity contribution >= 4 is 17.5 Å². The molecule has 0 spiro atoms. The molecule has 0 bridgehead atoms. The molecule has 1 aromatic carbocycles. The topological polar surface area (TPSA) is 58.6 Å². The van der Waals surface area contributed by atoms with Crippen molar-refractivity contribution in [2.75, 3.05) is 20.3 Å². The van der Waals surface area contributed by atoms with Gasteiger partial charge < -0.3 is 15.2 Å². The molecule has 1 unspecified atom stereocenters. The maximum absolute atomic E-state index is 11.6. The highest BCUT2D eigenvalue weighted by Crippen LogP contribution is 2.15. The average molecular weight is 258 g/mol. The van der Waals surface area contributed by atoms with Crippen molar-refractivity contribution < 1.29 is 14.6 Å². The molecule has 0 aliphatic rings. The largest absolute Gasteiger partial charge is 0.389 e. The lowest BCUT2D eigenvalue weighted by molar-refractivity contribution is -0.121. The molecular weight excluding hydrogens is 242 g/mol. The summed E-state index contributed by atoms with van der Waals surface area (Å²) in [4.78, 5) is 11.6. The summed E-state index contributed by atoms with van der Waals surface area (Å²) >= 11 is 5.93. The third-order valence-corrected chi connectivity index (χ3v) is 2.57. The van der Waals surface area contributed by atoms with Gasteiger partial charge >= 0.3 is 0 Å². The zero-order valence-corrected chi connectivity index (χ0v) is 10.4. The maximum Gasteiger partial charge on any atom is 0.224 e. The Balaban J connectivity index is 2.37. The van der Waals surface area contributed by atoms with E-state index in [1.54, 1.807) is 12.1 Å². The second kappa shape index (κ2) is 7.27. The summed E-state index contributed by atoms with van der Waals surface area (Å²) < 4.78 is 4.75. The minimum atomic E-state index is -0.685. The Morgan fingerprint density at radius 1 is 1.53 bits per heavy atom. The first kappa shape index (κ1) is 14.0. The number of hydrogen-bond donors (Lipinski definition) is 2. The summed E-state index contributed by atoms with van der Waals surface area (Å²) in [5.74, 6) is -0.173. The van der Waals surface area contributed by atoms with Gasteiger partial charge in [-0.2, -0.15) is 0 Å². The van der Waals surface area contributed by atoms with E-state index in [-0.39, 0.29) is 25.5 Å². The Morgan fingerprint density at radius 2 is 2.24 bits per heavy atom. The average Bonchev–Trinajstić information content (AvgIpc) is 2.30. The SMILES string of the molecule is COCC(O)CNC(=O)Cc1ccccc1Cl. The van der Waals surface area contributed by atoms with Crippen LogP contribution in [0.4, 0.5) is 0 Å². The van der Waals surface area contributed by atoms with E-state index in [1.807, 2.05) is 12.1 Å². The maximum atomic E-state index is 11.6. The lowest BCUT2D eigenvalue weighted by Gasteiger charge is -2.11. The van der Waals surface area contributed by atoms with Gasteiger partial charge in [0.2, 0.25) is 5.91 Å². The minimum Gasteiger partial charge on any atom is -0.389 e. The third kappa shape index (κ3) is 5.17. The number of methoxy groups -OCH3 is 1. The molecule has 0 radical (unpaired) electrons. The van der Waals surface area contributed by atoms with E-state index in [0.29, 0.717) is 5.02 Å². The van der Waals surface area contributed by atoms with Gasteiger partial charge in [-0.15, -0.1) is 0 Å². The van der Waals surface area contributed by atoms with Gasteiger partial charge in [0.25, 0.3) is 0 Å². The number of ether oxygens (including phenoxy) is 1. The van der Waals surface area contributed by atoms with Crippen LogP contribution in [-0.4, -0.2) is 37.4 Å². The van der Waals surface area contributed by atoms with Gasteiger partial charge in [-0.25, -0.2) is 0 Å². The van der Waals surface area contributed by atoms with Crippen LogP contribution >= 0.6 is 11.6 Å². The van der Waals surface area contributed by atoms with Crippen molar-refractivity contribution in [3.63, 3.8) is 0 Å². The molecular formula is C12H16ClNO3. The Bertz CT molecular complexity index is 371. The summed E-state index contributed by atoms with van der Waals surface area (Å²) in [5, 5.41) is 12.5. The predicted octanol–water partition coefficient (Wildman–Crippen LogP) is 1.01. The standard InChI is InChI=1S/C12H16ClNO3/c1-17-8-10(15)7-14-12(16)6-9-4-2-3-5-11(9)13/h2-5,10,15H,6-8H2,1H3,(H,14,16). The molecule has 0 aliphatic heterocycles. The van der Waals surface area contributed by atoms with Crippen molar-refractivity contribution in [3.8, 4) is 0 Å². The quantitative estimate of drug-likeness (QED) is 0.800. The molecule has 0 aliphatic carbocycles. The lowest BCUT2D eigenvalue weighted by atomic mass is 10.1. The van der Waals surface area contributed by atoms with E-state index in [4.69, 9.17) is 16.3 Å². The molecule has 94 valence electrons. The first-order valence-corrected chi connectivity index (χ1v) is 5.68. The number of benzene rings is 1. The van der Waals surface area contributed by atoms with Crippen LogP contribution in [0.25, 0.3) is 0 Å². The Labute approximate surface area is 106 Å². The van der Waals surface area contributed by atoms with Crippen molar-refractivity contribution in [1.82, 2.24) is 5.32 Å². The molecule has 5 heteroatoms. The molecule has 1 atom stereocenters. The predicted molar refractivity (Wildman–Crippen MR) is 66.0 cm³/mol. The number of rotatable bonds is 6. The van der Waals surface area contributed by atoms with Gasteiger partial charge in [-0.1, -0.05) is 29.8 Å². The van der Waals surface area contributed by atoms with Crippen LogP contribution in [-0.2, 0) is 16.0 Å². The van der Waals surface area contributed by atoms with Gasteiger partial charge in [0, 0.05) is 18.7 Å². The summed E-state index contributed by atoms with van der Waals surface area (Å²) in [6, 6.07) is 7.18. The van der Waals surface area contributed by atoms with Crippen LogP contribution < -0.4 is 5.32 Å². The fourth-order valence-corrected chi connectivity index (χ4v) is 1.56. The summed E-state index contributed by atoms with van der Waals surface area (Å²) in [7, 11) is 1.49. The third-order valence-electron chi connectivity index (χ3n) is 2.20. The zero-order valence-electron chi connectivity index (χ0n) is 9.65. The second-order valence-corrected chi connectivity index (χ2v) is 4.09. The monoisotopic (exact) mass is 257 g/mol. The first-order chi connectivity index (χ1) is 8.13. The highest BCUT2D eigenvalue weighted by atomic mass is 35.5. The van der Waals surface area contributed by atoms with Crippen molar-refractivity contribution in [2.24, 2.45) is 0 Å². The van der Waals surface area contributed by atoms with Crippen molar-refractivity contribution in [2.45, 2.75) is 12.5 Å². The highest BCUT2D eigenvalue weighted by molar-refractivity contribution is 6.31. The van der Waals surface area contributed by atoms with Crippen LogP contribution in [0.2, 0.25) is 5.02 Å². The second-order valence-electron chi connectivity index (χ2n) is 3.68. The molecule has 17 heavy (non-hydrogen) atoms. The van der Waals surface area contributed by atoms with Crippen LogP contribution in [0.3, 0.4) is 0 Å². The van der Waals surface area contributed by atoms with Crippen molar-refractivity contribution in [3.05, 3.63) is 34.9 Å². The van der Waals surface area contributed by atoms with E-state index in [9.17, 15) is 9.90 Å². The Morgan fingerprint density at radius 3 is 2.88 bits per heavy atom. The van der Waals surface area contributed by atoms with Crippen LogP contribution in [0.15, 0.2) is 24.3 Å². The number of carbonyl (C=O) groups is 1. The number of amides is 1. The first-order valence-electron chi connectivity index (χ1n) is 5.30. The number of aliphatic hydroxyl groups excluding tert-OH is 1. The van der Waals surface area contributed by atoms with Crippen LogP contribution in [0, 0.1) is 0 Å². The lowest BCUT2D eigenvalue weighted by Crippen LogP contribution is -2.35. The van der Waals surface area contributed by atoms with Crippen LogP contribution in [0.1, 0.15) is 5.56 Å². The molecule has 0 saturated carbocycles. The zero-order chi connectivity index (χ0) is 12.7. The molecule has 2 N–H and O–H groups in total. The van der Waals surface area contributed by atoms with Crippen molar-refractivity contribution in [1.29, 1.82) is 0 Å². The molecule has 0 aromatic heterocycles. The smallest absolute Gasteiger partial charge is 0.224 e. The fourth-order valence-electron chi connectivity index (χ4n) is 1.36. The van der Waals surface area contributed by atoms with E-state index >= 15 is 0 Å². The number of carbonyl (C=O) groups excluding carboxylic acids is 1. The van der Waals surface area contributed by atoms with E-state index in [1.165, 1.54) is 7.11 Å². The Kier molecular flexibility index (Phi) is 5.97. The number of halogens is 1. The van der Waals surface area contributed by atoms with E-state index in [0.717, 1.165) is 5.56 Å². The summed E-state index contributed by atoms with van der Waals surface area (Å²) in [6.45, 7) is 0.378. The molecule has 0 saturated heterocycles. The van der Waals surface area contributed by atoms with E-state index in [2.05, 4.69) is 5.32 Å². The minimum absolute atomic E-state index is 0.173. The van der Waals surface area contributed by atoms with Gasteiger partial charge in [0.15, 0.2) is 0 Å².